The number of hydrogen-bond acceptors (Lipinski definition) is 7. The maximum atomic E-state index is 12.9. The molecule has 9 nitrogen and oxygen atoms in total. The minimum Gasteiger partial charge on any atom is -0.493 e. The number of ether oxygens (including phenoxy) is 2. The molecule has 0 radical (unpaired) electrons. The molecule has 0 aliphatic rings. The highest BCUT2D eigenvalue weighted by Crippen LogP contribution is 2.29. The van der Waals surface area contributed by atoms with Gasteiger partial charge < -0.3 is 18.5 Å². The molecule has 0 aliphatic heterocycles. The quantitative estimate of drug-likeness (QED) is 0.242. The Labute approximate surface area is 180 Å². The number of carbonyl (C=O) groups is 1. The third kappa shape index (κ3) is 4.07. The molecule has 0 atom stereocenters. The molecule has 0 spiro atoms. The highest BCUT2D eigenvalue weighted by atomic mass is 32.1. The number of nitro benzene ring substituents is 1. The molecule has 31 heavy (non-hydrogen) atoms. The third-order valence-corrected chi connectivity index (χ3v) is 5.73. The van der Waals surface area contributed by atoms with Crippen LogP contribution in [0.2, 0.25) is 0 Å². The number of rotatable bonds is 7. The number of carbonyl (C=O) groups excluding carboxylic acids is 1. The van der Waals surface area contributed by atoms with E-state index >= 15 is 0 Å². The lowest BCUT2D eigenvalue weighted by atomic mass is 10.2. The van der Waals surface area contributed by atoms with Crippen LogP contribution >= 0.6 is 11.3 Å². The molecular formula is C21H19N3O6S. The Hall–Kier alpha value is -3.50. The van der Waals surface area contributed by atoms with Crippen molar-refractivity contribution in [2.45, 2.75) is 13.5 Å². The first-order valence-electron chi connectivity index (χ1n) is 9.53. The second-order valence-electron chi connectivity index (χ2n) is 6.55. The summed E-state index contributed by atoms with van der Waals surface area (Å²) in [5, 5.41) is 11.9. The van der Waals surface area contributed by atoms with Gasteiger partial charge in [-0.05, 0) is 25.1 Å². The van der Waals surface area contributed by atoms with E-state index in [9.17, 15) is 14.9 Å². The zero-order valence-electron chi connectivity index (χ0n) is 16.9. The largest absolute Gasteiger partial charge is 0.493 e. The predicted octanol–water partition coefficient (Wildman–Crippen LogP) is 4.14. The van der Waals surface area contributed by atoms with E-state index < -0.39 is 10.8 Å². The maximum absolute atomic E-state index is 12.9. The van der Waals surface area contributed by atoms with E-state index in [1.807, 2.05) is 19.1 Å². The molecule has 2 aromatic carbocycles. The zero-order valence-corrected chi connectivity index (χ0v) is 17.7. The van der Waals surface area contributed by atoms with Gasteiger partial charge in [-0.25, -0.2) is 0 Å². The molecule has 2 aromatic heterocycles. The number of nitro groups is 1. The topological polar surface area (TPSA) is 109 Å². The summed E-state index contributed by atoms with van der Waals surface area (Å²) in [7, 11) is 1.53. The van der Waals surface area contributed by atoms with Crippen molar-refractivity contribution < 1.29 is 23.6 Å². The molecule has 0 saturated heterocycles. The summed E-state index contributed by atoms with van der Waals surface area (Å²) in [6, 6.07) is 11.6. The van der Waals surface area contributed by atoms with Crippen molar-refractivity contribution in [3.05, 3.63) is 63.1 Å². The summed E-state index contributed by atoms with van der Waals surface area (Å²) in [5.41, 5.74) is 1.06. The summed E-state index contributed by atoms with van der Waals surface area (Å²) in [6.45, 7) is 3.20. The molecule has 0 fully saturated rings. The molecule has 1 amide bonds. The van der Waals surface area contributed by atoms with Crippen molar-refractivity contribution in [1.29, 1.82) is 0 Å². The van der Waals surface area contributed by atoms with E-state index in [4.69, 9.17) is 13.9 Å². The van der Waals surface area contributed by atoms with Crippen molar-refractivity contribution in [1.82, 2.24) is 4.57 Å². The van der Waals surface area contributed by atoms with Gasteiger partial charge in [0.1, 0.15) is 0 Å². The lowest BCUT2D eigenvalue weighted by Gasteiger charge is -2.05. The zero-order chi connectivity index (χ0) is 22.0. The molecule has 0 bridgehead atoms. The number of methoxy groups -OCH3 is 1. The normalized spacial score (nSPS) is 12.0. The third-order valence-electron chi connectivity index (χ3n) is 4.68. The summed E-state index contributed by atoms with van der Waals surface area (Å²) in [6.07, 6.45) is 0. The van der Waals surface area contributed by atoms with Gasteiger partial charge in [0.2, 0.25) is 0 Å². The molecule has 0 unspecified atom stereocenters. The minimum atomic E-state index is -0.551. The van der Waals surface area contributed by atoms with Crippen molar-refractivity contribution in [2.75, 3.05) is 20.3 Å². The second-order valence-corrected chi connectivity index (χ2v) is 7.56. The van der Waals surface area contributed by atoms with Gasteiger partial charge in [0.25, 0.3) is 5.69 Å². The van der Waals surface area contributed by atoms with Crippen LogP contribution in [0.1, 0.15) is 17.5 Å². The van der Waals surface area contributed by atoms with E-state index in [-0.39, 0.29) is 11.4 Å². The van der Waals surface area contributed by atoms with Crippen LogP contribution < -0.4 is 9.54 Å². The molecular weight excluding hydrogens is 422 g/mol. The monoisotopic (exact) mass is 441 g/mol. The fourth-order valence-electron chi connectivity index (χ4n) is 3.22. The number of benzene rings is 2. The lowest BCUT2D eigenvalue weighted by Crippen LogP contribution is -2.19. The Balaban J connectivity index is 1.80. The number of fused-ring (bicyclic) bond motifs is 2. The fourth-order valence-corrected chi connectivity index (χ4v) is 4.25. The molecule has 4 rings (SSSR count). The first kappa shape index (κ1) is 20.8. The predicted molar refractivity (Wildman–Crippen MR) is 116 cm³/mol. The van der Waals surface area contributed by atoms with E-state index in [1.54, 1.807) is 22.8 Å². The van der Waals surface area contributed by atoms with Crippen LogP contribution in [0.25, 0.3) is 21.2 Å². The van der Waals surface area contributed by atoms with Gasteiger partial charge in [-0.15, -0.1) is 0 Å². The Morgan fingerprint density at radius 2 is 2.13 bits per heavy atom. The van der Waals surface area contributed by atoms with E-state index in [0.717, 1.165) is 10.1 Å². The first-order chi connectivity index (χ1) is 15.0. The Kier molecular flexibility index (Phi) is 5.83. The number of thiazole rings is 1. The van der Waals surface area contributed by atoms with Crippen LogP contribution in [0.3, 0.4) is 0 Å². The number of hydrogen-bond donors (Lipinski definition) is 0. The number of aromatic nitrogens is 1. The highest BCUT2D eigenvalue weighted by Gasteiger charge is 2.17. The van der Waals surface area contributed by atoms with Crippen molar-refractivity contribution in [2.24, 2.45) is 4.99 Å². The van der Waals surface area contributed by atoms with Crippen LogP contribution in [0.15, 0.2) is 51.9 Å². The summed E-state index contributed by atoms with van der Waals surface area (Å²) in [5.74, 6) is 0.0567. The molecule has 0 aliphatic carbocycles. The molecule has 10 heteroatoms. The molecule has 2 heterocycles. The number of furan rings is 1. The summed E-state index contributed by atoms with van der Waals surface area (Å²) in [4.78, 5) is 28.3. The van der Waals surface area contributed by atoms with Gasteiger partial charge in [-0.2, -0.15) is 4.99 Å². The Bertz CT molecular complexity index is 1350. The maximum Gasteiger partial charge on any atom is 0.315 e. The Morgan fingerprint density at radius 3 is 2.87 bits per heavy atom. The van der Waals surface area contributed by atoms with Crippen LogP contribution in [-0.2, 0) is 11.3 Å². The van der Waals surface area contributed by atoms with Crippen molar-refractivity contribution >= 4 is 44.1 Å². The van der Waals surface area contributed by atoms with Crippen LogP contribution in [0.5, 0.6) is 5.75 Å². The van der Waals surface area contributed by atoms with E-state index in [2.05, 4.69) is 4.99 Å². The van der Waals surface area contributed by atoms with Gasteiger partial charge in [0.15, 0.2) is 21.9 Å². The molecule has 0 saturated carbocycles. The number of para-hydroxylation sites is 1. The van der Waals surface area contributed by atoms with E-state index in [0.29, 0.717) is 41.4 Å². The summed E-state index contributed by atoms with van der Waals surface area (Å²) >= 11 is 1.27. The van der Waals surface area contributed by atoms with Gasteiger partial charge >= 0.3 is 5.91 Å². The van der Waals surface area contributed by atoms with Gasteiger partial charge in [-0.3, -0.25) is 14.9 Å². The van der Waals surface area contributed by atoms with Crippen molar-refractivity contribution in [3.8, 4) is 5.75 Å². The average molecular weight is 441 g/mol. The standard InChI is InChI=1S/C21H19N3O6S/c1-3-29-10-9-23-15-12-14(24(26)27)7-8-18(15)31-21(23)22-20(25)17-11-13-5-4-6-16(28-2)19(13)30-17/h4-8,11-12H,3,9-10H2,1-2H3. The number of amides is 1. The highest BCUT2D eigenvalue weighted by molar-refractivity contribution is 7.16. The smallest absolute Gasteiger partial charge is 0.315 e. The SMILES string of the molecule is CCOCCn1c(=NC(=O)c2cc3cccc(OC)c3o2)sc2ccc([N+](=O)[O-])cc21. The fraction of sp³-hybridized carbons (Fsp3) is 0.238. The van der Waals surface area contributed by atoms with Crippen LogP contribution in [0, 0.1) is 10.1 Å². The average Bonchev–Trinajstić information content (AvgIpc) is 3.35. The van der Waals surface area contributed by atoms with E-state index in [1.165, 1.54) is 30.6 Å². The lowest BCUT2D eigenvalue weighted by molar-refractivity contribution is -0.384. The molecule has 160 valence electrons. The van der Waals surface area contributed by atoms with Gasteiger partial charge in [-0.1, -0.05) is 23.5 Å². The summed E-state index contributed by atoms with van der Waals surface area (Å²) < 4.78 is 18.9. The first-order valence-corrected chi connectivity index (χ1v) is 10.3. The number of nitrogens with zero attached hydrogens (tertiary/aromatic N) is 3. The molecule has 0 N–H and O–H groups in total. The van der Waals surface area contributed by atoms with Gasteiger partial charge in [0, 0.05) is 30.7 Å². The van der Waals surface area contributed by atoms with Gasteiger partial charge in [0.05, 0.1) is 28.9 Å². The van der Waals surface area contributed by atoms with Crippen LogP contribution in [-0.4, -0.2) is 35.7 Å². The molecule has 4 aromatic rings. The number of non-ortho nitro benzene ring substituents is 1. The van der Waals surface area contributed by atoms with Crippen LogP contribution in [0.4, 0.5) is 5.69 Å². The Morgan fingerprint density at radius 1 is 1.29 bits per heavy atom. The second kappa shape index (κ2) is 8.70. The van der Waals surface area contributed by atoms with Crippen molar-refractivity contribution in [3.63, 3.8) is 0 Å². The minimum absolute atomic E-state index is 0.0299.